The molecule has 5 unspecified atom stereocenters. The van der Waals surface area contributed by atoms with Crippen molar-refractivity contribution in [1.29, 1.82) is 0 Å². The van der Waals surface area contributed by atoms with Gasteiger partial charge in [-0.1, -0.05) is 26.0 Å². The standard InChI is InChI=1S/C20H30O4/c1-12(2)10-18(21)24-17-7-9-20(5)8-6-15(13(3)19(22)23)11-16(20)14(17)4/h10,13,15-17H,4,6-9,11H2,1-3,5H3,(H,22,23). The van der Waals surface area contributed by atoms with Crippen molar-refractivity contribution < 1.29 is 19.4 Å². The molecule has 0 aromatic rings. The Morgan fingerprint density at radius 2 is 1.96 bits per heavy atom. The van der Waals surface area contributed by atoms with Crippen molar-refractivity contribution >= 4 is 11.9 Å². The van der Waals surface area contributed by atoms with Crippen LogP contribution in [0.2, 0.25) is 0 Å². The first kappa shape index (κ1) is 18.8. The predicted molar refractivity (Wildman–Crippen MR) is 93.4 cm³/mol. The third-order valence-electron chi connectivity index (χ3n) is 6.07. The fraction of sp³-hybridized carbons (Fsp3) is 0.700. The maximum Gasteiger partial charge on any atom is 0.331 e. The molecule has 2 rings (SSSR count). The monoisotopic (exact) mass is 334 g/mol. The summed E-state index contributed by atoms with van der Waals surface area (Å²) in [5, 5.41) is 9.32. The number of allylic oxidation sites excluding steroid dienone is 1. The van der Waals surface area contributed by atoms with Crippen molar-refractivity contribution in [1.82, 2.24) is 0 Å². The summed E-state index contributed by atoms with van der Waals surface area (Å²) < 4.78 is 5.62. The SMILES string of the molecule is C=C1C(OC(=O)C=C(C)C)CCC2(C)CCC(C(C)C(=O)O)CC12. The van der Waals surface area contributed by atoms with Gasteiger partial charge in [-0.05, 0) is 68.8 Å². The molecular weight excluding hydrogens is 304 g/mol. The van der Waals surface area contributed by atoms with Crippen LogP contribution in [0.4, 0.5) is 0 Å². The van der Waals surface area contributed by atoms with E-state index in [0.717, 1.165) is 43.3 Å². The van der Waals surface area contributed by atoms with Crippen molar-refractivity contribution in [2.75, 3.05) is 0 Å². The second kappa shape index (κ2) is 7.12. The third kappa shape index (κ3) is 3.90. The van der Waals surface area contributed by atoms with Gasteiger partial charge in [0.05, 0.1) is 5.92 Å². The third-order valence-corrected chi connectivity index (χ3v) is 6.07. The summed E-state index contributed by atoms with van der Waals surface area (Å²) in [6.45, 7) is 12.1. The summed E-state index contributed by atoms with van der Waals surface area (Å²) in [6.07, 6.45) is 5.88. The van der Waals surface area contributed by atoms with Crippen LogP contribution in [-0.4, -0.2) is 23.1 Å². The van der Waals surface area contributed by atoms with Crippen molar-refractivity contribution in [3.8, 4) is 0 Å². The number of esters is 1. The quantitative estimate of drug-likeness (QED) is 0.471. The molecule has 2 fully saturated rings. The van der Waals surface area contributed by atoms with Gasteiger partial charge in [0.15, 0.2) is 0 Å². The second-order valence-electron chi connectivity index (χ2n) is 8.13. The average molecular weight is 334 g/mol. The minimum Gasteiger partial charge on any atom is -0.481 e. The van der Waals surface area contributed by atoms with Crippen molar-refractivity contribution in [3.63, 3.8) is 0 Å². The largest absolute Gasteiger partial charge is 0.481 e. The van der Waals surface area contributed by atoms with Crippen LogP contribution in [0.25, 0.3) is 0 Å². The van der Waals surface area contributed by atoms with E-state index >= 15 is 0 Å². The molecule has 0 aromatic heterocycles. The van der Waals surface area contributed by atoms with E-state index in [9.17, 15) is 14.7 Å². The van der Waals surface area contributed by atoms with Gasteiger partial charge < -0.3 is 9.84 Å². The average Bonchev–Trinajstić information content (AvgIpc) is 2.48. The molecule has 1 N–H and O–H groups in total. The van der Waals surface area contributed by atoms with Gasteiger partial charge in [0.25, 0.3) is 0 Å². The molecule has 0 amide bonds. The number of hydrogen-bond acceptors (Lipinski definition) is 3. The molecule has 0 bridgehead atoms. The van der Waals surface area contributed by atoms with Gasteiger partial charge in [0, 0.05) is 6.08 Å². The van der Waals surface area contributed by atoms with E-state index in [1.807, 2.05) is 13.8 Å². The van der Waals surface area contributed by atoms with Crippen molar-refractivity contribution in [3.05, 3.63) is 23.8 Å². The Labute approximate surface area is 145 Å². The Morgan fingerprint density at radius 1 is 1.33 bits per heavy atom. The molecular formula is C20H30O4. The highest BCUT2D eigenvalue weighted by Gasteiger charge is 2.48. The summed E-state index contributed by atoms with van der Waals surface area (Å²) in [4.78, 5) is 23.3. The molecule has 4 heteroatoms. The zero-order valence-electron chi connectivity index (χ0n) is 15.3. The first-order chi connectivity index (χ1) is 11.1. The molecule has 0 heterocycles. The van der Waals surface area contributed by atoms with Crippen LogP contribution >= 0.6 is 0 Å². The number of carboxylic acid groups (broad SMARTS) is 1. The first-order valence-electron chi connectivity index (χ1n) is 8.91. The molecule has 0 saturated heterocycles. The van der Waals surface area contributed by atoms with Crippen LogP contribution in [0.5, 0.6) is 0 Å². The molecule has 4 nitrogen and oxygen atoms in total. The second-order valence-corrected chi connectivity index (χ2v) is 8.13. The van der Waals surface area contributed by atoms with Gasteiger partial charge in [-0.15, -0.1) is 0 Å². The zero-order chi connectivity index (χ0) is 18.1. The number of rotatable bonds is 4. The number of aliphatic carboxylic acids is 1. The highest BCUT2D eigenvalue weighted by atomic mass is 16.5. The zero-order valence-corrected chi connectivity index (χ0v) is 15.3. The lowest BCUT2D eigenvalue weighted by Gasteiger charge is -2.51. The van der Waals surface area contributed by atoms with Crippen LogP contribution in [0.1, 0.15) is 59.8 Å². The van der Waals surface area contributed by atoms with Crippen molar-refractivity contribution in [2.24, 2.45) is 23.2 Å². The highest BCUT2D eigenvalue weighted by molar-refractivity contribution is 5.83. The molecule has 2 saturated carbocycles. The lowest BCUT2D eigenvalue weighted by molar-refractivity contribution is -0.145. The summed E-state index contributed by atoms with van der Waals surface area (Å²) in [7, 11) is 0. The molecule has 0 aliphatic heterocycles. The Balaban J connectivity index is 2.11. The molecule has 0 radical (unpaired) electrons. The number of hydrogen-bond donors (Lipinski definition) is 1. The molecule has 0 spiro atoms. The Morgan fingerprint density at radius 3 is 2.54 bits per heavy atom. The summed E-state index contributed by atoms with van der Waals surface area (Å²) >= 11 is 0. The molecule has 2 aliphatic rings. The van der Waals surface area contributed by atoms with Gasteiger partial charge >= 0.3 is 11.9 Å². The molecule has 0 aromatic carbocycles. The molecule has 134 valence electrons. The van der Waals surface area contributed by atoms with Gasteiger partial charge in [0.2, 0.25) is 0 Å². The number of carboxylic acids is 1. The lowest BCUT2D eigenvalue weighted by atomic mass is 9.55. The fourth-order valence-electron chi connectivity index (χ4n) is 4.36. The Hall–Kier alpha value is -1.58. The Kier molecular flexibility index (Phi) is 5.56. The van der Waals surface area contributed by atoms with Crippen LogP contribution in [-0.2, 0) is 14.3 Å². The summed E-state index contributed by atoms with van der Waals surface area (Å²) in [6, 6.07) is 0. The smallest absolute Gasteiger partial charge is 0.331 e. The van der Waals surface area contributed by atoms with Crippen LogP contribution in [0.3, 0.4) is 0 Å². The molecule has 24 heavy (non-hydrogen) atoms. The normalized spacial score (nSPS) is 34.0. The minimum atomic E-state index is -0.725. The van der Waals surface area contributed by atoms with Gasteiger partial charge in [-0.3, -0.25) is 4.79 Å². The van der Waals surface area contributed by atoms with Crippen LogP contribution in [0, 0.1) is 23.2 Å². The maximum atomic E-state index is 12.0. The van der Waals surface area contributed by atoms with E-state index in [-0.39, 0.29) is 35.2 Å². The topological polar surface area (TPSA) is 63.6 Å². The van der Waals surface area contributed by atoms with E-state index in [2.05, 4.69) is 13.5 Å². The number of carbonyl (C=O) groups excluding carboxylic acids is 1. The van der Waals surface area contributed by atoms with Crippen LogP contribution in [0.15, 0.2) is 23.8 Å². The number of carbonyl (C=O) groups is 2. The van der Waals surface area contributed by atoms with Gasteiger partial charge in [0.1, 0.15) is 6.10 Å². The first-order valence-corrected chi connectivity index (χ1v) is 8.91. The van der Waals surface area contributed by atoms with E-state index in [0.29, 0.717) is 0 Å². The lowest BCUT2D eigenvalue weighted by Crippen LogP contribution is -2.45. The molecule has 2 aliphatic carbocycles. The van der Waals surface area contributed by atoms with Gasteiger partial charge in [-0.2, -0.15) is 0 Å². The summed E-state index contributed by atoms with van der Waals surface area (Å²) in [5.74, 6) is -0.968. The van der Waals surface area contributed by atoms with E-state index < -0.39 is 5.97 Å². The fourth-order valence-corrected chi connectivity index (χ4v) is 4.36. The van der Waals surface area contributed by atoms with E-state index in [4.69, 9.17) is 4.74 Å². The predicted octanol–water partition coefficient (Wildman–Crippen LogP) is 4.36. The van der Waals surface area contributed by atoms with Gasteiger partial charge in [-0.25, -0.2) is 4.79 Å². The van der Waals surface area contributed by atoms with Crippen LogP contribution < -0.4 is 0 Å². The van der Waals surface area contributed by atoms with E-state index in [1.54, 1.807) is 6.92 Å². The van der Waals surface area contributed by atoms with Crippen molar-refractivity contribution in [2.45, 2.75) is 65.9 Å². The number of fused-ring (bicyclic) bond motifs is 1. The summed E-state index contributed by atoms with van der Waals surface area (Å²) in [5.41, 5.74) is 2.05. The molecule has 5 atom stereocenters. The number of ether oxygens (including phenoxy) is 1. The Bertz CT molecular complexity index is 558. The maximum absolute atomic E-state index is 12.0. The minimum absolute atomic E-state index is 0.158. The highest BCUT2D eigenvalue weighted by Crippen LogP contribution is 2.55. The van der Waals surface area contributed by atoms with E-state index in [1.165, 1.54) is 6.08 Å².